The number of carbonyl (C=O) groups excluding carboxylic acids is 2. The topological polar surface area (TPSA) is 140 Å². The van der Waals surface area contributed by atoms with Crippen LogP contribution in [0, 0.1) is 94.7 Å². The van der Waals surface area contributed by atoms with Crippen LogP contribution in [0.1, 0.15) is 169 Å². The Balaban J connectivity index is 0.000000193. The van der Waals surface area contributed by atoms with E-state index in [0.717, 1.165) is 82.5 Å². The lowest BCUT2D eigenvalue weighted by Crippen LogP contribution is -2.58. The number of ether oxygens (including phenoxy) is 2. The molecule has 2 aromatic heterocycles. The molecule has 380 valence electrons. The third-order valence-electron chi connectivity index (χ3n) is 20.8. The van der Waals surface area contributed by atoms with Crippen LogP contribution in [0.15, 0.2) is 24.8 Å². The number of methoxy groups -OCH3 is 2. The molecule has 2 heterocycles. The number of fused-ring (bicyclic) bond motifs is 10. The zero-order valence-electron chi connectivity index (χ0n) is 41.4. The number of Topliss-reactive ketones (excluding diaryl/α,β-unsaturated/α-hetero) is 2. The van der Waals surface area contributed by atoms with E-state index < -0.39 is 11.2 Å². The number of nitrogens with zero attached hydrogens (tertiary/aromatic N) is 3. The van der Waals surface area contributed by atoms with Gasteiger partial charge in [-0.1, -0.05) is 44.6 Å². The van der Waals surface area contributed by atoms with Gasteiger partial charge in [-0.2, -0.15) is 10.2 Å². The summed E-state index contributed by atoms with van der Waals surface area (Å²) in [6.45, 7) is 15.0. The average molecular weight is 998 g/mol. The molecule has 16 atom stereocenters. The first-order valence-electron chi connectivity index (χ1n) is 25.8. The van der Waals surface area contributed by atoms with Gasteiger partial charge in [-0.05, 0) is 223 Å². The molecule has 10 nitrogen and oxygen atoms in total. The predicted molar refractivity (Wildman–Crippen MR) is 272 cm³/mol. The SMILES string of the molecule is C.C.COC[C@]12CC[C@@](C)(O)C[C@@H]1CC[C@H]1[C@@H]3CC[C@H](C(=O)CBr)[C@@]3(C)CC[C@@H]12.COC[C@]12CC[C@@](C)(O)C[C@@H]1CC[C@H]1[C@@H]3CC[C@H](C(=O)Cn4cc(C)cn4)[C@@]3(C)CC[C@@H]12.Cc1cn[nH]c1. The van der Waals surface area contributed by atoms with E-state index in [0.29, 0.717) is 64.9 Å². The molecule has 2 aromatic rings. The predicted octanol–water partition coefficient (Wildman–Crippen LogP) is 11.8. The van der Waals surface area contributed by atoms with Crippen molar-refractivity contribution in [2.24, 2.45) is 80.8 Å². The van der Waals surface area contributed by atoms with Crippen molar-refractivity contribution < 1.29 is 29.3 Å². The van der Waals surface area contributed by atoms with E-state index in [1.165, 1.54) is 63.4 Å². The lowest BCUT2D eigenvalue weighted by atomic mass is 9.43. The molecule has 8 saturated carbocycles. The maximum atomic E-state index is 13.4. The first-order chi connectivity index (χ1) is 30.8. The number of ketones is 2. The highest BCUT2D eigenvalue weighted by atomic mass is 79.9. The summed E-state index contributed by atoms with van der Waals surface area (Å²) in [6, 6.07) is 0. The maximum absolute atomic E-state index is 13.4. The van der Waals surface area contributed by atoms with Crippen molar-refractivity contribution in [1.82, 2.24) is 20.0 Å². The molecule has 0 aromatic carbocycles. The van der Waals surface area contributed by atoms with E-state index in [-0.39, 0.29) is 48.3 Å². The highest BCUT2D eigenvalue weighted by Crippen LogP contribution is 2.70. The monoisotopic (exact) mass is 997 g/mol. The maximum Gasteiger partial charge on any atom is 0.157 e. The molecule has 0 unspecified atom stereocenters. The fraction of sp³-hybridized carbons (Fsp3) is 0.857. The Bertz CT molecular complexity index is 1950. The van der Waals surface area contributed by atoms with Gasteiger partial charge in [0.2, 0.25) is 0 Å². The van der Waals surface area contributed by atoms with Crippen LogP contribution < -0.4 is 0 Å². The number of H-pyrrole nitrogens is 1. The van der Waals surface area contributed by atoms with Gasteiger partial charge in [0.05, 0.1) is 48.7 Å². The van der Waals surface area contributed by atoms with Crippen LogP contribution >= 0.6 is 15.9 Å². The minimum absolute atomic E-state index is 0. The van der Waals surface area contributed by atoms with E-state index in [1.54, 1.807) is 6.20 Å². The quantitative estimate of drug-likeness (QED) is 0.211. The standard InChI is InChI=1S/C27H42N2O3.C23H37BrO3.C4H6N2.2CH4/c1-18-14-28-29(15-18)16-24(30)23-8-7-21-20-6-5-19-13-25(2,31)11-12-27(19,17-32-4)22(20)9-10-26(21,23)3;1-21(26)10-11-23(14-27-3)15(12-21)4-5-16-17-6-7-19(20(25)13-24)22(17,2)9-8-18(16)23;1-4-2-5-6-3-4;;/h14-15,19-23,31H,5-13,16-17H2,1-4H3;15-19,26H,4-14H2,1-3H3;2-3H,1H3,(H,5,6);2*1H4/t19-,20-,21-,22-,23+,25+,26-,27+;15-,16-,17-,18-,19+,21+,22-,23+;;;/m00.../s1. The Labute approximate surface area is 414 Å². The van der Waals surface area contributed by atoms with Gasteiger partial charge in [-0.15, -0.1) is 0 Å². The van der Waals surface area contributed by atoms with Gasteiger partial charge < -0.3 is 19.7 Å². The number of nitrogens with one attached hydrogen (secondary N) is 1. The molecule has 8 aliphatic carbocycles. The summed E-state index contributed by atoms with van der Waals surface area (Å²) in [6.07, 6.45) is 27.6. The normalized spacial score (nSPS) is 43.6. The van der Waals surface area contributed by atoms with E-state index in [4.69, 9.17) is 9.47 Å². The molecule has 11 heteroatoms. The van der Waals surface area contributed by atoms with Gasteiger partial charge in [0.25, 0.3) is 0 Å². The molecule has 3 N–H and O–H groups in total. The van der Waals surface area contributed by atoms with Crippen LogP contribution in [-0.2, 0) is 25.6 Å². The number of aliphatic hydroxyl groups is 2. The van der Waals surface area contributed by atoms with Gasteiger partial charge in [-0.3, -0.25) is 19.4 Å². The second-order valence-electron chi connectivity index (χ2n) is 24.4. The zero-order chi connectivity index (χ0) is 46.6. The molecule has 0 bridgehead atoms. The van der Waals surface area contributed by atoms with Crippen LogP contribution in [-0.4, -0.2) is 85.7 Å². The van der Waals surface area contributed by atoms with Crippen molar-refractivity contribution in [2.45, 2.75) is 190 Å². The summed E-state index contributed by atoms with van der Waals surface area (Å²) in [4.78, 5) is 26.0. The number of aryl methyl sites for hydroxylation is 2. The summed E-state index contributed by atoms with van der Waals surface area (Å²) in [5.74, 6) is 6.56. The highest BCUT2D eigenvalue weighted by Gasteiger charge is 2.65. The molecular weight excluding hydrogens is 905 g/mol. The van der Waals surface area contributed by atoms with E-state index in [1.807, 2.05) is 65.2 Å². The van der Waals surface area contributed by atoms with Crippen LogP contribution in [0.25, 0.3) is 0 Å². The average Bonchev–Trinajstić information content (AvgIpc) is 4.07. The lowest BCUT2D eigenvalue weighted by molar-refractivity contribution is -0.175. The van der Waals surface area contributed by atoms with Gasteiger partial charge in [0.1, 0.15) is 5.78 Å². The first-order valence-corrected chi connectivity index (χ1v) is 27.0. The number of carbonyl (C=O) groups is 2. The van der Waals surface area contributed by atoms with Crippen LogP contribution in [0.5, 0.6) is 0 Å². The third-order valence-corrected chi connectivity index (χ3v) is 21.3. The summed E-state index contributed by atoms with van der Waals surface area (Å²) in [5, 5.41) is 32.8. The summed E-state index contributed by atoms with van der Waals surface area (Å²) < 4.78 is 13.5. The number of halogens is 1. The fourth-order valence-corrected chi connectivity index (χ4v) is 18.2. The van der Waals surface area contributed by atoms with E-state index in [2.05, 4.69) is 45.1 Å². The Morgan fingerprint density at radius 2 is 1.16 bits per heavy atom. The van der Waals surface area contributed by atoms with Crippen LogP contribution in [0.4, 0.5) is 0 Å². The number of alkyl halides is 1. The molecule has 0 spiro atoms. The second kappa shape index (κ2) is 21.0. The molecule has 0 radical (unpaired) electrons. The molecule has 0 aliphatic heterocycles. The summed E-state index contributed by atoms with van der Waals surface area (Å²) in [5.41, 5.74) is 2.06. The number of rotatable bonds is 9. The number of aromatic amines is 1. The number of hydrogen-bond donors (Lipinski definition) is 3. The van der Waals surface area contributed by atoms with Crippen molar-refractivity contribution in [3.05, 3.63) is 35.9 Å². The largest absolute Gasteiger partial charge is 0.390 e. The molecule has 0 saturated heterocycles. The Kier molecular flexibility index (Phi) is 17.1. The van der Waals surface area contributed by atoms with Gasteiger partial charge in [0, 0.05) is 38.4 Å². The minimum atomic E-state index is -0.520. The van der Waals surface area contributed by atoms with Crippen molar-refractivity contribution in [1.29, 1.82) is 0 Å². The fourth-order valence-electron chi connectivity index (χ4n) is 17.9. The summed E-state index contributed by atoms with van der Waals surface area (Å²) >= 11 is 3.43. The zero-order valence-corrected chi connectivity index (χ0v) is 43.0. The number of hydrogen-bond acceptors (Lipinski definition) is 8. The van der Waals surface area contributed by atoms with E-state index in [9.17, 15) is 19.8 Å². The summed E-state index contributed by atoms with van der Waals surface area (Å²) in [7, 11) is 3.71. The first kappa shape index (κ1) is 54.4. The van der Waals surface area contributed by atoms with Gasteiger partial charge in [0.15, 0.2) is 5.78 Å². The lowest BCUT2D eigenvalue weighted by Gasteiger charge is -2.62. The molecule has 8 aliphatic rings. The molecule has 0 amide bonds. The van der Waals surface area contributed by atoms with Crippen LogP contribution in [0.2, 0.25) is 0 Å². The highest BCUT2D eigenvalue weighted by molar-refractivity contribution is 9.09. The molecule has 10 rings (SSSR count). The second-order valence-corrected chi connectivity index (χ2v) is 25.0. The molecule has 8 fully saturated rings. The third kappa shape index (κ3) is 10.1. The van der Waals surface area contributed by atoms with Gasteiger partial charge in [-0.25, -0.2) is 0 Å². The Morgan fingerprint density at radius 1 is 0.672 bits per heavy atom. The van der Waals surface area contributed by atoms with Crippen molar-refractivity contribution >= 4 is 27.5 Å². The van der Waals surface area contributed by atoms with E-state index >= 15 is 0 Å². The smallest absolute Gasteiger partial charge is 0.157 e. The van der Waals surface area contributed by atoms with Crippen molar-refractivity contribution in [2.75, 3.05) is 32.8 Å². The Hall–Kier alpha value is -1.92. The molecular formula is C56H93BrN4O6. The van der Waals surface area contributed by atoms with Crippen LogP contribution in [0.3, 0.4) is 0 Å². The minimum Gasteiger partial charge on any atom is -0.390 e. The number of aromatic nitrogens is 4. The van der Waals surface area contributed by atoms with Gasteiger partial charge >= 0.3 is 0 Å². The van der Waals surface area contributed by atoms with Crippen molar-refractivity contribution in [3.63, 3.8) is 0 Å². The molecule has 67 heavy (non-hydrogen) atoms. The van der Waals surface area contributed by atoms with Crippen molar-refractivity contribution in [3.8, 4) is 0 Å². The Morgan fingerprint density at radius 3 is 1.55 bits per heavy atom.